The number of rotatable bonds is 10. The van der Waals surface area contributed by atoms with Crippen LogP contribution in [0, 0.1) is 38.5 Å². The molecule has 0 bridgehead atoms. The Labute approximate surface area is 864 Å². The molecule has 2 aliphatic carbocycles. The minimum Gasteiger partial charge on any atom is -0.497 e. The number of aryl methyl sites for hydroxylation is 4. The van der Waals surface area contributed by atoms with Gasteiger partial charge < -0.3 is 14.2 Å². The van der Waals surface area contributed by atoms with Crippen molar-refractivity contribution < 1.29 is 68.1 Å². The van der Waals surface area contributed by atoms with Crippen LogP contribution in [0.5, 0.6) is 11.5 Å². The van der Waals surface area contributed by atoms with Crippen molar-refractivity contribution in [2.75, 3.05) is 53.5 Å². The second-order valence-electron chi connectivity index (χ2n) is 39.7. The Morgan fingerprint density at radius 1 is 0.324 bits per heavy atom. The van der Waals surface area contributed by atoms with Crippen molar-refractivity contribution in [3.8, 4) is 22.6 Å². The molecule has 0 radical (unpaired) electrons. The number of ketones is 4. The second kappa shape index (κ2) is 66.5. The number of hydrogen-bond donors (Lipinski definition) is 0. The fourth-order valence-corrected chi connectivity index (χ4v) is 13.0. The molecule has 0 N–H and O–H groups in total. The zero-order valence-corrected chi connectivity index (χ0v) is 87.5. The number of carbonyl (C=O) groups is 4. The Hall–Kier alpha value is -10.5. The van der Waals surface area contributed by atoms with Crippen molar-refractivity contribution in [2.24, 2.45) is 10.8 Å². The molecule has 0 unspecified atom stereocenters. The molecule has 11 aromatic rings. The molecule has 0 saturated heterocycles. The van der Waals surface area contributed by atoms with Gasteiger partial charge in [-0.3, -0.25) is 19.2 Å². The minimum atomic E-state index is -5.24. The van der Waals surface area contributed by atoms with E-state index >= 15 is 0 Å². The molecule has 11 aromatic carbocycles. The van der Waals surface area contributed by atoms with Crippen LogP contribution in [-0.2, 0) is 41.6 Å². The summed E-state index contributed by atoms with van der Waals surface area (Å²) in [6.45, 7) is 48.8. The molecule has 0 spiro atoms. The normalized spacial score (nSPS) is 11.9. The number of methoxy groups -OCH3 is 3. The SMILES string of the molecule is C.C.C.C.C.C.C.C.CC(C)(C(F)(F)F)C(F)(F)F.CC(C)(C)c1ccc(C(C)(C)C)cc1.CC(C)(C)c1cccc(C(C)(C)C)c1.CC1(C)CCCCC1.CC1(C)c2ccccc2-c2ccccc21.CCC.COC.COc1ccc(OC)cc1.CS(C)(=O)=O.CSC.Cc1ccc(C(=O)c2ccc(C(=O)c3ccc(C)cc3)cc2)cc1.Cc1ccc(C(=O)c2cccc(C(=O)c3ccc(C)cc3)c2)cc1. The maximum atomic E-state index is 12.6. The average Bonchev–Trinajstić information content (AvgIpc) is 1.59. The number of alkyl halides is 6. The molecule has 9 nitrogen and oxygen atoms in total. The van der Waals surface area contributed by atoms with Gasteiger partial charge in [0, 0.05) is 76.7 Å². The van der Waals surface area contributed by atoms with E-state index in [-0.39, 0.29) is 123 Å². The standard InChI is InChI=1S/2C22H18O2.C15H14.2C14H22.C8H10O2.C8H16.C5H6F6.C3H8.C2H6O2S.C2H6O.C2H6S.8CH4/c1-15-3-7-17(8-4-15)21(23)19-11-13-20(14-12-19)22(24)18-9-5-16(2)6-10-18;1-15-6-10-17(11-7-15)21(23)19-4-3-5-20(14-19)22(24)18-12-8-16(2)9-13-18;1-15(2)13-9-5-3-7-11(13)12-8-4-6-10-14(12)15;1-13(2,3)11-7-9-12(10-8-11)14(4,5)6;1-13(2,3)11-8-7-9-12(10-11)14(4,5)6;1-9-7-3-5-8(10-2)6-4-7;1-8(2)6-4-3-5-7-8;1-3(2,4(6,7)8)5(9,10)11;1-3-2;1-5(2,3)4;2*1-3-2;;;;;;;;/h2*3-14H,1-2H3;3-10H,1-2H3;2*7-10H,1-6H3;3-6H,1-2H3;3-7H2,1-2H3;1-2H3;3H2,1-2H3;1-2H3;2*1-2H3;8*1H4. The van der Waals surface area contributed by atoms with Gasteiger partial charge in [0.2, 0.25) is 0 Å². The predicted octanol–water partition coefficient (Wildman–Crippen LogP) is 37.3. The van der Waals surface area contributed by atoms with Crippen LogP contribution in [0.25, 0.3) is 11.1 Å². The van der Waals surface area contributed by atoms with E-state index in [9.17, 15) is 53.9 Å². The number of sulfone groups is 1. The third-order valence-corrected chi connectivity index (χ3v) is 21.7. The summed E-state index contributed by atoms with van der Waals surface area (Å²) in [7, 11) is 3.86. The van der Waals surface area contributed by atoms with Gasteiger partial charge >= 0.3 is 12.4 Å². The largest absolute Gasteiger partial charge is 0.497 e. The Kier molecular flexibility index (Phi) is 67.6. The zero-order valence-electron chi connectivity index (χ0n) is 85.9. The highest BCUT2D eigenvalue weighted by Gasteiger charge is 2.64. The zero-order chi connectivity index (χ0) is 102. The second-order valence-corrected chi connectivity index (χ2v) is 42.8. The molecule has 1 saturated carbocycles. The summed E-state index contributed by atoms with van der Waals surface area (Å²) < 4.78 is 103. The summed E-state index contributed by atoms with van der Waals surface area (Å²) >= 11 is 1.75. The predicted molar refractivity (Wildman–Crippen MR) is 608 cm³/mol. The smallest absolute Gasteiger partial charge is 0.402 e. The molecule has 0 amide bonds. The summed E-state index contributed by atoms with van der Waals surface area (Å²) in [4.78, 5) is 50.1. The Morgan fingerprint density at radius 3 is 0.732 bits per heavy atom. The lowest BCUT2D eigenvalue weighted by molar-refractivity contribution is -0.327. The maximum Gasteiger partial charge on any atom is 0.402 e. The van der Waals surface area contributed by atoms with Crippen molar-refractivity contribution in [3.63, 3.8) is 0 Å². The number of carbonyl (C=O) groups excluding carboxylic acids is 4. The molecule has 142 heavy (non-hydrogen) atoms. The third-order valence-electron chi connectivity index (χ3n) is 21.7. The molecule has 792 valence electrons. The fraction of sp³-hybridized carbons (Fsp3) is 0.440. The summed E-state index contributed by atoms with van der Waals surface area (Å²) in [6, 6.07) is 86.4. The molecule has 0 aromatic heterocycles. The van der Waals surface area contributed by atoms with E-state index in [0.717, 1.165) is 46.3 Å². The number of ether oxygens (including phenoxy) is 3. The first-order chi connectivity index (χ1) is 62.0. The lowest BCUT2D eigenvalue weighted by Gasteiger charge is -2.29. The van der Waals surface area contributed by atoms with E-state index < -0.39 is 27.6 Å². The number of fused-ring (bicyclic) bond motifs is 3. The first kappa shape index (κ1) is 145. The molecule has 2 aliphatic rings. The van der Waals surface area contributed by atoms with E-state index in [1.165, 1.54) is 83.0 Å². The Bertz CT molecular complexity index is 5130. The molecule has 0 atom stereocenters. The van der Waals surface area contributed by atoms with Crippen molar-refractivity contribution in [1.82, 2.24) is 0 Å². The van der Waals surface area contributed by atoms with Gasteiger partial charge in [-0.05, 0) is 169 Å². The summed E-state index contributed by atoms with van der Waals surface area (Å²) in [5, 5.41) is 0. The van der Waals surface area contributed by atoms with E-state index in [1.54, 1.807) is 88.7 Å². The van der Waals surface area contributed by atoms with Crippen LogP contribution in [0.4, 0.5) is 26.3 Å². The van der Waals surface area contributed by atoms with Crippen LogP contribution in [0.2, 0.25) is 0 Å². The van der Waals surface area contributed by atoms with Crippen LogP contribution >= 0.6 is 11.8 Å². The number of halogens is 6. The van der Waals surface area contributed by atoms with E-state index in [1.807, 2.05) is 162 Å². The lowest BCUT2D eigenvalue weighted by atomic mass is 9.78. The van der Waals surface area contributed by atoms with Crippen molar-refractivity contribution in [3.05, 3.63) is 367 Å². The van der Waals surface area contributed by atoms with Crippen LogP contribution in [-0.4, -0.2) is 97.4 Å². The van der Waals surface area contributed by atoms with E-state index in [2.05, 4.69) is 226 Å². The number of thioether (sulfide) groups is 1. The van der Waals surface area contributed by atoms with E-state index in [4.69, 9.17) is 9.47 Å². The summed E-state index contributed by atoms with van der Waals surface area (Å²) in [5.74, 6) is 1.47. The lowest BCUT2D eigenvalue weighted by Crippen LogP contribution is -2.44. The van der Waals surface area contributed by atoms with Crippen molar-refractivity contribution in [1.29, 1.82) is 0 Å². The number of hydrogen-bond acceptors (Lipinski definition) is 10. The van der Waals surface area contributed by atoms with Gasteiger partial charge in [0.25, 0.3) is 0 Å². The topological polar surface area (TPSA) is 130 Å². The van der Waals surface area contributed by atoms with Gasteiger partial charge in [0.1, 0.15) is 21.3 Å². The molecular formula is C125H184F6O9S2. The molecule has 0 aliphatic heterocycles. The van der Waals surface area contributed by atoms with Gasteiger partial charge in [-0.25, -0.2) is 8.42 Å². The van der Waals surface area contributed by atoms with Gasteiger partial charge in [0.05, 0.1) is 14.2 Å². The van der Waals surface area contributed by atoms with E-state index in [0.29, 0.717) is 49.9 Å². The van der Waals surface area contributed by atoms with Gasteiger partial charge in [-0.15, -0.1) is 0 Å². The quantitative estimate of drug-likeness (QED) is 0.0963. The van der Waals surface area contributed by atoms with Gasteiger partial charge in [-0.1, -0.05) is 469 Å². The third kappa shape index (κ3) is 50.7. The first-order valence-corrected chi connectivity index (χ1v) is 49.3. The van der Waals surface area contributed by atoms with Crippen molar-refractivity contribution in [2.45, 2.75) is 304 Å². The van der Waals surface area contributed by atoms with Crippen molar-refractivity contribution >= 4 is 44.7 Å². The Balaban J connectivity index is -0.000000291. The van der Waals surface area contributed by atoms with Crippen LogP contribution in [0.1, 0.15) is 356 Å². The highest BCUT2D eigenvalue weighted by molar-refractivity contribution is 7.97. The monoisotopic (exact) mass is 2010 g/mol. The van der Waals surface area contributed by atoms with Gasteiger partial charge in [-0.2, -0.15) is 38.1 Å². The summed E-state index contributed by atoms with van der Waals surface area (Å²) in [5.41, 5.74) is 18.8. The highest BCUT2D eigenvalue weighted by atomic mass is 32.2. The first-order valence-electron chi connectivity index (χ1n) is 45.4. The maximum absolute atomic E-state index is 12.6. The molecular weight excluding hydrogens is 1820 g/mol. The molecule has 17 heteroatoms. The molecule has 0 heterocycles. The number of benzene rings is 11. The van der Waals surface area contributed by atoms with Crippen LogP contribution in [0.3, 0.4) is 0 Å². The highest BCUT2D eigenvalue weighted by Crippen LogP contribution is 2.50. The van der Waals surface area contributed by atoms with Crippen LogP contribution < -0.4 is 9.47 Å². The molecule has 13 rings (SSSR count). The average molecular weight is 2010 g/mol. The fourth-order valence-electron chi connectivity index (χ4n) is 13.0. The van der Waals surface area contributed by atoms with Crippen LogP contribution in [0.15, 0.2) is 267 Å². The minimum absolute atomic E-state index is 0. The van der Waals surface area contributed by atoms with Gasteiger partial charge in [0.15, 0.2) is 28.5 Å². The molecule has 1 fully saturated rings. The Morgan fingerprint density at radius 2 is 0.535 bits per heavy atom. The summed E-state index contributed by atoms with van der Waals surface area (Å²) in [6.07, 6.45) is 4.47.